The van der Waals surface area contributed by atoms with Crippen LogP contribution in [0.25, 0.3) is 4.85 Å². The zero-order valence-electron chi connectivity index (χ0n) is 14.4. The van der Waals surface area contributed by atoms with Gasteiger partial charge in [-0.05, 0) is 24.3 Å². The molecule has 0 aliphatic carbocycles. The van der Waals surface area contributed by atoms with Crippen LogP contribution in [-0.4, -0.2) is 24.9 Å². The van der Waals surface area contributed by atoms with E-state index in [2.05, 4.69) is 4.85 Å². The van der Waals surface area contributed by atoms with E-state index in [4.69, 9.17) is 22.9 Å². The Morgan fingerprint density at radius 3 is 2.37 bits per heavy atom. The second-order valence-electron chi connectivity index (χ2n) is 6.04. The maximum Gasteiger partial charge on any atom is 0.399 e. The highest BCUT2D eigenvalue weighted by Gasteiger charge is 2.63. The number of anilines is 1. The van der Waals surface area contributed by atoms with E-state index in [1.165, 1.54) is 0 Å². The van der Waals surface area contributed by atoms with Crippen LogP contribution in [0.3, 0.4) is 0 Å². The highest BCUT2D eigenvalue weighted by molar-refractivity contribution is 6.30. The highest BCUT2D eigenvalue weighted by atomic mass is 35.5. The number of nitrogens with zero attached hydrogens (tertiary/aromatic N) is 2. The predicted molar refractivity (Wildman–Crippen MR) is 98.8 cm³/mol. The van der Waals surface area contributed by atoms with Gasteiger partial charge in [0, 0.05) is 17.0 Å². The maximum atomic E-state index is 13.1. The first-order valence-corrected chi connectivity index (χ1v) is 8.48. The topological polar surface area (TPSA) is 68.0 Å². The molecule has 2 atom stereocenters. The van der Waals surface area contributed by atoms with Crippen molar-refractivity contribution in [2.75, 3.05) is 12.0 Å². The van der Waals surface area contributed by atoms with Crippen molar-refractivity contribution in [1.29, 1.82) is 0 Å². The Bertz CT molecular complexity index is 937. The van der Waals surface area contributed by atoms with E-state index in [0.717, 1.165) is 12.0 Å². The lowest BCUT2D eigenvalue weighted by molar-refractivity contribution is -0.149. The SMILES string of the molecule is [C-]#[N+][C@](C(=O)OC)(c1ccccc1)[C@H]1CC(=O)N(c2ccc(Cl)cc2)C1=O. The summed E-state index contributed by atoms with van der Waals surface area (Å²) in [4.78, 5) is 42.9. The Balaban J connectivity index is 2.10. The van der Waals surface area contributed by atoms with Crippen molar-refractivity contribution in [3.63, 3.8) is 0 Å². The molecule has 6 nitrogen and oxygen atoms in total. The first-order valence-electron chi connectivity index (χ1n) is 8.10. The Morgan fingerprint density at radius 1 is 1.19 bits per heavy atom. The number of ether oxygens (including phenoxy) is 1. The van der Waals surface area contributed by atoms with Crippen molar-refractivity contribution >= 4 is 35.1 Å². The number of hydrogen-bond acceptors (Lipinski definition) is 4. The van der Waals surface area contributed by atoms with Crippen LogP contribution in [0.2, 0.25) is 5.02 Å². The summed E-state index contributed by atoms with van der Waals surface area (Å²) in [5.74, 6) is -3.16. The maximum absolute atomic E-state index is 13.1. The van der Waals surface area contributed by atoms with Gasteiger partial charge in [0.15, 0.2) is 0 Å². The number of carbonyl (C=O) groups excluding carboxylic acids is 3. The third kappa shape index (κ3) is 2.96. The molecule has 0 saturated carbocycles. The van der Waals surface area contributed by atoms with Crippen molar-refractivity contribution in [2.45, 2.75) is 12.0 Å². The van der Waals surface area contributed by atoms with Gasteiger partial charge in [-0.2, -0.15) is 0 Å². The lowest BCUT2D eigenvalue weighted by Gasteiger charge is -2.24. The molecule has 7 heteroatoms. The number of hydrogen-bond donors (Lipinski definition) is 0. The molecule has 0 N–H and O–H groups in total. The van der Waals surface area contributed by atoms with Crippen LogP contribution in [-0.2, 0) is 24.7 Å². The standard InChI is InChI=1S/C20H15ClN2O4/c1-22-20(19(26)27-2,13-6-4-3-5-7-13)16-12-17(24)23(18(16)25)15-10-8-14(21)9-11-15/h3-11,16H,12H2,2H3/t16-,20+/m0/s1. The van der Waals surface area contributed by atoms with Gasteiger partial charge in [0.25, 0.3) is 0 Å². The van der Waals surface area contributed by atoms with Crippen LogP contribution in [0.4, 0.5) is 5.69 Å². The molecule has 0 unspecified atom stereocenters. The number of halogens is 1. The fourth-order valence-electron chi connectivity index (χ4n) is 3.32. The summed E-state index contributed by atoms with van der Waals surface area (Å²) in [6.07, 6.45) is -0.270. The minimum atomic E-state index is -1.93. The molecule has 1 aliphatic rings. The second kappa shape index (κ2) is 7.22. The smallest absolute Gasteiger partial charge is 0.399 e. The number of esters is 1. The first kappa shape index (κ1) is 18.6. The molecule has 1 fully saturated rings. The van der Waals surface area contributed by atoms with E-state index in [1.54, 1.807) is 54.6 Å². The lowest BCUT2D eigenvalue weighted by Crippen LogP contribution is -2.45. The first-order chi connectivity index (χ1) is 13.0. The summed E-state index contributed by atoms with van der Waals surface area (Å²) in [5.41, 5.74) is -1.27. The van der Waals surface area contributed by atoms with Gasteiger partial charge < -0.3 is 4.74 Å². The molecule has 2 aromatic carbocycles. The molecule has 0 radical (unpaired) electrons. The van der Waals surface area contributed by atoms with Gasteiger partial charge in [0.1, 0.15) is 5.92 Å². The molecule has 3 rings (SSSR count). The average molecular weight is 383 g/mol. The van der Waals surface area contributed by atoms with Crippen LogP contribution in [0, 0.1) is 12.5 Å². The molecule has 1 saturated heterocycles. The fraction of sp³-hybridized carbons (Fsp3) is 0.200. The summed E-state index contributed by atoms with van der Waals surface area (Å²) in [6, 6.07) is 14.4. The molecule has 0 bridgehead atoms. The molecule has 0 spiro atoms. The average Bonchev–Trinajstić information content (AvgIpc) is 2.99. The van der Waals surface area contributed by atoms with E-state index in [-0.39, 0.29) is 6.42 Å². The third-order valence-corrected chi connectivity index (χ3v) is 4.87. The van der Waals surface area contributed by atoms with Crippen molar-refractivity contribution in [3.05, 3.63) is 76.6 Å². The second-order valence-corrected chi connectivity index (χ2v) is 6.47. The van der Waals surface area contributed by atoms with Gasteiger partial charge in [-0.3, -0.25) is 14.4 Å². The van der Waals surface area contributed by atoms with Gasteiger partial charge in [-0.1, -0.05) is 41.9 Å². The summed E-state index contributed by atoms with van der Waals surface area (Å²) < 4.78 is 4.86. The summed E-state index contributed by atoms with van der Waals surface area (Å²) in [6.45, 7) is 7.72. The highest BCUT2D eigenvalue weighted by Crippen LogP contribution is 2.43. The Kier molecular flexibility index (Phi) is 4.98. The minimum absolute atomic E-state index is 0.270. The van der Waals surface area contributed by atoms with E-state index in [9.17, 15) is 14.4 Å². The van der Waals surface area contributed by atoms with Gasteiger partial charge in [-0.25, -0.2) is 16.3 Å². The van der Waals surface area contributed by atoms with E-state index >= 15 is 0 Å². The quantitative estimate of drug-likeness (QED) is 0.462. The predicted octanol–water partition coefficient (Wildman–Crippen LogP) is 3.21. The van der Waals surface area contributed by atoms with Crippen molar-refractivity contribution in [2.24, 2.45) is 5.92 Å². The van der Waals surface area contributed by atoms with Crippen molar-refractivity contribution in [3.8, 4) is 0 Å². The van der Waals surface area contributed by atoms with Crippen LogP contribution in [0.5, 0.6) is 0 Å². The number of carbonyl (C=O) groups is 3. The third-order valence-electron chi connectivity index (χ3n) is 4.62. The van der Waals surface area contributed by atoms with Gasteiger partial charge in [0.05, 0.1) is 12.8 Å². The largest absolute Gasteiger partial charge is 0.463 e. The number of methoxy groups -OCH3 is 1. The summed E-state index contributed by atoms with van der Waals surface area (Å²) >= 11 is 5.87. The summed E-state index contributed by atoms with van der Waals surface area (Å²) in [7, 11) is 1.16. The van der Waals surface area contributed by atoms with Crippen molar-refractivity contribution in [1.82, 2.24) is 0 Å². The zero-order chi connectivity index (χ0) is 19.6. The molecule has 136 valence electrons. The molecule has 27 heavy (non-hydrogen) atoms. The van der Waals surface area contributed by atoms with Crippen molar-refractivity contribution < 1.29 is 19.1 Å². The molecule has 1 aliphatic heterocycles. The van der Waals surface area contributed by atoms with Crippen LogP contribution >= 0.6 is 11.6 Å². The number of imide groups is 1. The number of benzene rings is 2. The Labute approximate surface area is 161 Å². The van der Waals surface area contributed by atoms with Gasteiger partial charge >= 0.3 is 11.5 Å². The van der Waals surface area contributed by atoms with Gasteiger partial charge in [0.2, 0.25) is 11.8 Å². The lowest BCUT2D eigenvalue weighted by atomic mass is 9.77. The normalized spacial score (nSPS) is 18.7. The number of rotatable bonds is 4. The van der Waals surface area contributed by atoms with Crippen LogP contribution in [0.1, 0.15) is 12.0 Å². The molecule has 2 amide bonds. The fourth-order valence-corrected chi connectivity index (χ4v) is 3.44. The number of amides is 2. The molecule has 0 aromatic heterocycles. The molecular weight excluding hydrogens is 368 g/mol. The zero-order valence-corrected chi connectivity index (χ0v) is 15.1. The minimum Gasteiger partial charge on any atom is -0.463 e. The van der Waals surface area contributed by atoms with E-state index < -0.39 is 29.2 Å². The van der Waals surface area contributed by atoms with Crippen LogP contribution < -0.4 is 4.90 Å². The molecular formula is C20H15ClN2O4. The van der Waals surface area contributed by atoms with E-state index in [0.29, 0.717) is 16.3 Å². The molecule has 1 heterocycles. The van der Waals surface area contributed by atoms with Crippen LogP contribution in [0.15, 0.2) is 54.6 Å². The monoisotopic (exact) mass is 382 g/mol. The Hall–Kier alpha value is -3.17. The molecule has 2 aromatic rings. The van der Waals surface area contributed by atoms with Gasteiger partial charge in [-0.15, -0.1) is 0 Å². The Morgan fingerprint density at radius 2 is 1.81 bits per heavy atom. The van der Waals surface area contributed by atoms with E-state index in [1.807, 2.05) is 0 Å². The summed E-state index contributed by atoms with van der Waals surface area (Å²) in [5, 5.41) is 0.462.